The fourth-order valence-electron chi connectivity index (χ4n) is 3.45. The summed E-state index contributed by atoms with van der Waals surface area (Å²) < 4.78 is 6.35. The molecule has 0 aliphatic heterocycles. The number of ether oxygens (including phenoxy) is 1. The predicted molar refractivity (Wildman–Crippen MR) is 142 cm³/mol. The lowest BCUT2D eigenvalue weighted by Crippen LogP contribution is -2.45. The molecule has 0 saturated heterocycles. The molecule has 0 aliphatic rings. The van der Waals surface area contributed by atoms with E-state index in [9.17, 15) is 19.7 Å². The second-order valence-corrected chi connectivity index (χ2v) is 9.51. The smallest absolute Gasteiger partial charge is 0.408 e. The van der Waals surface area contributed by atoms with Crippen LogP contribution in [0.5, 0.6) is 0 Å². The van der Waals surface area contributed by atoms with Crippen molar-refractivity contribution in [3.63, 3.8) is 0 Å². The van der Waals surface area contributed by atoms with Gasteiger partial charge in [0.05, 0.1) is 4.92 Å². The lowest BCUT2D eigenvalue weighted by molar-refractivity contribution is -0.384. The van der Waals surface area contributed by atoms with Gasteiger partial charge in [0.1, 0.15) is 12.6 Å². The Bertz CT molecular complexity index is 1180. The SMILES string of the molecule is CC(C)c1cc(I)ccc1NC(=O)[C@@H](Cc1ccc([N+](=O)[O-])cc1)NC(=O)OCc1ccccc1. The van der Waals surface area contributed by atoms with Crippen LogP contribution in [0.4, 0.5) is 16.2 Å². The molecule has 2 N–H and O–H groups in total. The van der Waals surface area contributed by atoms with Crippen LogP contribution in [-0.4, -0.2) is 23.0 Å². The maximum absolute atomic E-state index is 13.3. The van der Waals surface area contributed by atoms with E-state index in [1.807, 2.05) is 62.4 Å². The Morgan fingerprint density at radius 2 is 1.69 bits per heavy atom. The van der Waals surface area contributed by atoms with Gasteiger partial charge in [-0.05, 0) is 63.4 Å². The van der Waals surface area contributed by atoms with Gasteiger partial charge in [0, 0.05) is 27.8 Å². The van der Waals surface area contributed by atoms with Crippen molar-refractivity contribution in [3.8, 4) is 0 Å². The molecule has 0 fully saturated rings. The molecule has 35 heavy (non-hydrogen) atoms. The fraction of sp³-hybridized carbons (Fsp3) is 0.231. The van der Waals surface area contributed by atoms with Gasteiger partial charge in [0.25, 0.3) is 5.69 Å². The summed E-state index contributed by atoms with van der Waals surface area (Å²) in [7, 11) is 0. The normalized spacial score (nSPS) is 11.5. The monoisotopic (exact) mass is 587 g/mol. The largest absolute Gasteiger partial charge is 0.445 e. The summed E-state index contributed by atoms with van der Waals surface area (Å²) >= 11 is 2.22. The Morgan fingerprint density at radius 3 is 2.31 bits per heavy atom. The Hall–Kier alpha value is -3.47. The van der Waals surface area contributed by atoms with E-state index >= 15 is 0 Å². The standard InChI is InChI=1S/C26H26IN3O5/c1-17(2)22-15-20(27)10-13-23(22)28-25(31)24(14-18-8-11-21(12-9-18)30(33)34)29-26(32)35-16-19-6-4-3-5-7-19/h3-13,15,17,24H,14,16H2,1-2H3,(H,28,31)(H,29,32)/t24-/m1/s1. The van der Waals surface area contributed by atoms with Crippen molar-refractivity contribution in [2.24, 2.45) is 0 Å². The van der Waals surface area contributed by atoms with E-state index in [2.05, 4.69) is 33.2 Å². The Labute approximate surface area is 217 Å². The number of carbonyl (C=O) groups excluding carboxylic acids is 2. The molecule has 182 valence electrons. The number of nitro groups is 1. The molecule has 1 atom stereocenters. The third-order valence-electron chi connectivity index (χ3n) is 5.30. The lowest BCUT2D eigenvalue weighted by Gasteiger charge is -2.21. The van der Waals surface area contributed by atoms with E-state index in [1.54, 1.807) is 12.1 Å². The maximum atomic E-state index is 13.3. The number of nitrogens with zero attached hydrogens (tertiary/aromatic N) is 1. The Kier molecular flexibility index (Phi) is 9.18. The number of hydrogen-bond acceptors (Lipinski definition) is 5. The van der Waals surface area contributed by atoms with Gasteiger partial charge in [-0.3, -0.25) is 14.9 Å². The first-order valence-corrected chi connectivity index (χ1v) is 12.1. The van der Waals surface area contributed by atoms with Crippen LogP contribution in [0.15, 0.2) is 72.8 Å². The summed E-state index contributed by atoms with van der Waals surface area (Å²) in [5.74, 6) is -0.236. The minimum absolute atomic E-state index is 0.0505. The van der Waals surface area contributed by atoms with Crippen LogP contribution in [0.2, 0.25) is 0 Å². The molecule has 0 heterocycles. The average molecular weight is 587 g/mol. The van der Waals surface area contributed by atoms with Crippen LogP contribution < -0.4 is 10.6 Å². The van der Waals surface area contributed by atoms with Crippen LogP contribution in [0.1, 0.15) is 36.5 Å². The summed E-state index contributed by atoms with van der Waals surface area (Å²) in [6.45, 7) is 4.14. The highest BCUT2D eigenvalue weighted by atomic mass is 127. The quantitative estimate of drug-likeness (QED) is 0.187. The number of alkyl carbamates (subject to hydrolysis) is 1. The first kappa shape index (κ1) is 26.1. The van der Waals surface area contributed by atoms with Crippen molar-refractivity contribution in [1.29, 1.82) is 0 Å². The number of amides is 2. The third kappa shape index (κ3) is 7.78. The molecule has 9 heteroatoms. The molecule has 3 rings (SSSR count). The highest BCUT2D eigenvalue weighted by molar-refractivity contribution is 14.1. The van der Waals surface area contributed by atoms with Crippen LogP contribution in [-0.2, 0) is 22.6 Å². The number of nitro benzene ring substituents is 1. The van der Waals surface area contributed by atoms with E-state index in [1.165, 1.54) is 12.1 Å². The van der Waals surface area contributed by atoms with E-state index < -0.39 is 23.0 Å². The van der Waals surface area contributed by atoms with Crippen molar-refractivity contribution in [3.05, 3.63) is 103 Å². The topological polar surface area (TPSA) is 111 Å². The molecule has 0 radical (unpaired) electrons. The number of benzene rings is 3. The minimum atomic E-state index is -0.959. The van der Waals surface area contributed by atoms with Crippen molar-refractivity contribution in [2.45, 2.75) is 38.8 Å². The van der Waals surface area contributed by atoms with Gasteiger partial charge < -0.3 is 15.4 Å². The molecule has 0 unspecified atom stereocenters. The molecule has 0 bridgehead atoms. The summed E-state index contributed by atoms with van der Waals surface area (Å²) in [6, 6.07) is 19.9. The minimum Gasteiger partial charge on any atom is -0.445 e. The number of halogens is 1. The summed E-state index contributed by atoms with van der Waals surface area (Å²) in [5.41, 5.74) is 3.07. The van der Waals surface area contributed by atoms with Gasteiger partial charge in [0.15, 0.2) is 0 Å². The first-order chi connectivity index (χ1) is 16.7. The first-order valence-electron chi connectivity index (χ1n) is 11.0. The van der Waals surface area contributed by atoms with Gasteiger partial charge in [-0.1, -0.05) is 56.3 Å². The molecule has 3 aromatic rings. The zero-order valence-electron chi connectivity index (χ0n) is 19.4. The van der Waals surface area contributed by atoms with Crippen molar-refractivity contribution in [2.75, 3.05) is 5.32 Å². The lowest BCUT2D eigenvalue weighted by atomic mass is 10.0. The van der Waals surface area contributed by atoms with Gasteiger partial charge in [-0.15, -0.1) is 0 Å². The molecule has 0 aliphatic carbocycles. The average Bonchev–Trinajstić information content (AvgIpc) is 2.84. The summed E-state index contributed by atoms with van der Waals surface area (Å²) in [4.78, 5) is 36.3. The molecule has 0 aromatic heterocycles. The highest BCUT2D eigenvalue weighted by Gasteiger charge is 2.24. The second-order valence-electron chi connectivity index (χ2n) is 8.26. The van der Waals surface area contributed by atoms with E-state index in [0.29, 0.717) is 11.3 Å². The Morgan fingerprint density at radius 1 is 1.00 bits per heavy atom. The number of hydrogen-bond donors (Lipinski definition) is 2. The molecular weight excluding hydrogens is 561 g/mol. The van der Waals surface area contributed by atoms with Gasteiger partial charge in [0.2, 0.25) is 5.91 Å². The van der Waals surface area contributed by atoms with Crippen molar-refractivity contribution < 1.29 is 19.2 Å². The van der Waals surface area contributed by atoms with Crippen LogP contribution in [0.25, 0.3) is 0 Å². The zero-order chi connectivity index (χ0) is 25.4. The van der Waals surface area contributed by atoms with Gasteiger partial charge >= 0.3 is 6.09 Å². The molecule has 8 nitrogen and oxygen atoms in total. The van der Waals surface area contributed by atoms with Crippen LogP contribution >= 0.6 is 22.6 Å². The van der Waals surface area contributed by atoms with Gasteiger partial charge in [-0.2, -0.15) is 0 Å². The number of anilines is 1. The van der Waals surface area contributed by atoms with E-state index in [4.69, 9.17) is 4.74 Å². The van der Waals surface area contributed by atoms with E-state index in [-0.39, 0.29) is 24.6 Å². The molecule has 2 amide bonds. The van der Waals surface area contributed by atoms with Crippen molar-refractivity contribution in [1.82, 2.24) is 5.32 Å². The van der Waals surface area contributed by atoms with Crippen molar-refractivity contribution >= 4 is 46.0 Å². The highest BCUT2D eigenvalue weighted by Crippen LogP contribution is 2.26. The van der Waals surface area contributed by atoms with Crippen LogP contribution in [0.3, 0.4) is 0 Å². The number of non-ortho nitro benzene ring substituents is 1. The van der Waals surface area contributed by atoms with E-state index in [0.717, 1.165) is 14.7 Å². The molecule has 3 aromatic carbocycles. The third-order valence-corrected chi connectivity index (χ3v) is 5.97. The predicted octanol–water partition coefficient (Wildman–Crippen LogP) is 5.80. The molecule has 0 spiro atoms. The number of rotatable bonds is 9. The number of nitrogens with one attached hydrogen (secondary N) is 2. The summed E-state index contributed by atoms with van der Waals surface area (Å²) in [5, 5.41) is 16.5. The Balaban J connectivity index is 1.77. The molecular formula is C26H26IN3O5. The zero-order valence-corrected chi connectivity index (χ0v) is 21.5. The van der Waals surface area contributed by atoms with Crippen LogP contribution in [0, 0.1) is 13.7 Å². The van der Waals surface area contributed by atoms with Gasteiger partial charge in [-0.25, -0.2) is 4.79 Å². The molecule has 0 saturated carbocycles. The fourth-order valence-corrected chi connectivity index (χ4v) is 3.97. The number of carbonyl (C=O) groups is 2. The maximum Gasteiger partial charge on any atom is 0.408 e. The summed E-state index contributed by atoms with van der Waals surface area (Å²) in [6.07, 6.45) is -0.603. The second kappa shape index (κ2) is 12.3.